The van der Waals surface area contributed by atoms with Crippen LogP contribution >= 0.6 is 0 Å². The average molecular weight is 218 g/mol. The van der Waals surface area contributed by atoms with Crippen molar-refractivity contribution in [1.82, 2.24) is 0 Å². The van der Waals surface area contributed by atoms with E-state index in [1.54, 1.807) is 0 Å². The molecular formula is C13H24F2. The van der Waals surface area contributed by atoms with Crippen LogP contribution in [0, 0.1) is 11.3 Å². The fraction of sp³-hybridized carbons (Fsp3) is 0.846. The van der Waals surface area contributed by atoms with Crippen molar-refractivity contribution in [2.45, 2.75) is 59.8 Å². The molecular weight excluding hydrogens is 194 g/mol. The fourth-order valence-corrected chi connectivity index (χ4v) is 1.59. The maximum Gasteiger partial charge on any atom is 0.238 e. The zero-order chi connectivity index (χ0) is 11.9. The third-order valence-electron chi connectivity index (χ3n) is 3.19. The molecule has 0 bridgehead atoms. The Labute approximate surface area is 92.8 Å². The minimum atomic E-state index is -2.16. The maximum absolute atomic E-state index is 12.0. The van der Waals surface area contributed by atoms with Gasteiger partial charge in [-0.1, -0.05) is 39.8 Å². The number of hydrogen-bond donors (Lipinski definition) is 0. The molecule has 0 fully saturated rings. The molecule has 0 aromatic rings. The van der Waals surface area contributed by atoms with Gasteiger partial charge >= 0.3 is 0 Å². The topological polar surface area (TPSA) is 0 Å². The first-order valence-electron chi connectivity index (χ1n) is 5.88. The van der Waals surface area contributed by atoms with Gasteiger partial charge in [-0.2, -0.15) is 0 Å². The Morgan fingerprint density at radius 1 is 1.27 bits per heavy atom. The summed E-state index contributed by atoms with van der Waals surface area (Å²) in [6, 6.07) is 0. The lowest BCUT2D eigenvalue weighted by molar-refractivity contribution is 0.126. The first kappa shape index (κ1) is 14.6. The number of hydrogen-bond acceptors (Lipinski definition) is 0. The van der Waals surface area contributed by atoms with Gasteiger partial charge in [0.1, 0.15) is 0 Å². The third-order valence-corrected chi connectivity index (χ3v) is 3.19. The highest BCUT2D eigenvalue weighted by Gasteiger charge is 2.24. The van der Waals surface area contributed by atoms with Gasteiger partial charge in [0, 0.05) is 6.42 Å². The van der Waals surface area contributed by atoms with Gasteiger partial charge in [-0.05, 0) is 30.6 Å². The van der Waals surface area contributed by atoms with Crippen molar-refractivity contribution >= 4 is 0 Å². The van der Waals surface area contributed by atoms with Crippen molar-refractivity contribution in [1.29, 1.82) is 0 Å². The van der Waals surface area contributed by atoms with Crippen molar-refractivity contribution < 1.29 is 8.78 Å². The molecule has 0 heterocycles. The minimum absolute atomic E-state index is 0.0300. The molecule has 90 valence electrons. The lowest BCUT2D eigenvalue weighted by Crippen LogP contribution is -2.21. The molecule has 15 heavy (non-hydrogen) atoms. The van der Waals surface area contributed by atoms with Gasteiger partial charge in [0.15, 0.2) is 0 Å². The normalized spacial score (nSPS) is 16.5. The van der Waals surface area contributed by atoms with Gasteiger partial charge in [0.2, 0.25) is 6.43 Å². The maximum atomic E-state index is 12.0. The van der Waals surface area contributed by atoms with Crippen molar-refractivity contribution in [3.63, 3.8) is 0 Å². The van der Waals surface area contributed by atoms with Crippen molar-refractivity contribution in [3.8, 4) is 0 Å². The molecule has 0 aromatic carbocycles. The van der Waals surface area contributed by atoms with Crippen LogP contribution in [0.2, 0.25) is 0 Å². The second kappa shape index (κ2) is 6.97. The van der Waals surface area contributed by atoms with Crippen molar-refractivity contribution in [3.05, 3.63) is 12.2 Å². The summed E-state index contributed by atoms with van der Waals surface area (Å²) < 4.78 is 24.1. The lowest BCUT2D eigenvalue weighted by Gasteiger charge is -2.30. The Bertz CT molecular complexity index is 185. The number of allylic oxidation sites excluding steroid dienone is 2. The van der Waals surface area contributed by atoms with Crippen molar-refractivity contribution in [2.75, 3.05) is 0 Å². The van der Waals surface area contributed by atoms with Gasteiger partial charge in [-0.15, -0.1) is 0 Å². The second-order valence-electron chi connectivity index (χ2n) is 4.75. The highest BCUT2D eigenvalue weighted by Crippen LogP contribution is 2.35. The lowest BCUT2D eigenvalue weighted by atomic mass is 9.75. The summed E-state index contributed by atoms with van der Waals surface area (Å²) in [5.41, 5.74) is 0.0743. The summed E-state index contributed by atoms with van der Waals surface area (Å²) in [6.45, 7) is 8.57. The van der Waals surface area contributed by atoms with E-state index >= 15 is 0 Å². The summed E-state index contributed by atoms with van der Waals surface area (Å²) >= 11 is 0. The van der Waals surface area contributed by atoms with E-state index in [1.807, 2.05) is 0 Å². The van der Waals surface area contributed by atoms with Crippen LogP contribution in [0.5, 0.6) is 0 Å². The standard InChI is InChI=1S/C13H24F2/c1-5-6-9-13(4,11(2)3)10-7-8-12(14)15/h6,9,11-12H,5,7-8,10H2,1-4H3/b9-6-. The van der Waals surface area contributed by atoms with E-state index in [0.29, 0.717) is 12.3 Å². The zero-order valence-electron chi connectivity index (χ0n) is 10.4. The van der Waals surface area contributed by atoms with E-state index < -0.39 is 6.43 Å². The van der Waals surface area contributed by atoms with Crippen molar-refractivity contribution in [2.24, 2.45) is 11.3 Å². The summed E-state index contributed by atoms with van der Waals surface area (Å²) in [5, 5.41) is 0. The summed E-state index contributed by atoms with van der Waals surface area (Å²) in [7, 11) is 0. The van der Waals surface area contributed by atoms with Crippen LogP contribution in [0.1, 0.15) is 53.4 Å². The Hall–Kier alpha value is -0.400. The molecule has 0 aliphatic heterocycles. The minimum Gasteiger partial charge on any atom is -0.211 e. The van der Waals surface area contributed by atoms with E-state index in [4.69, 9.17) is 0 Å². The summed E-state index contributed by atoms with van der Waals surface area (Å²) in [6.07, 6.45) is 4.69. The highest BCUT2D eigenvalue weighted by molar-refractivity contribution is 4.98. The van der Waals surface area contributed by atoms with Gasteiger partial charge in [0.25, 0.3) is 0 Å². The average Bonchev–Trinajstić information content (AvgIpc) is 2.14. The molecule has 0 aliphatic rings. The first-order valence-corrected chi connectivity index (χ1v) is 5.88. The molecule has 0 saturated heterocycles. The molecule has 1 unspecified atom stereocenters. The monoisotopic (exact) mass is 218 g/mol. The zero-order valence-corrected chi connectivity index (χ0v) is 10.4. The number of alkyl halides is 2. The highest BCUT2D eigenvalue weighted by atomic mass is 19.3. The molecule has 0 saturated carbocycles. The van der Waals surface area contributed by atoms with E-state index in [1.165, 1.54) is 0 Å². The van der Waals surface area contributed by atoms with E-state index in [9.17, 15) is 8.78 Å². The van der Waals surface area contributed by atoms with Crippen LogP contribution < -0.4 is 0 Å². The quantitative estimate of drug-likeness (QED) is 0.524. The Morgan fingerprint density at radius 2 is 1.87 bits per heavy atom. The number of halogens is 2. The molecule has 0 amide bonds. The fourth-order valence-electron chi connectivity index (χ4n) is 1.59. The molecule has 1 atom stereocenters. The smallest absolute Gasteiger partial charge is 0.211 e. The van der Waals surface area contributed by atoms with Crippen LogP contribution in [-0.2, 0) is 0 Å². The Morgan fingerprint density at radius 3 is 2.27 bits per heavy atom. The first-order chi connectivity index (χ1) is 6.92. The van der Waals surface area contributed by atoms with E-state index in [2.05, 4.69) is 39.8 Å². The molecule has 0 spiro atoms. The van der Waals surface area contributed by atoms with E-state index in [-0.39, 0.29) is 11.8 Å². The van der Waals surface area contributed by atoms with Gasteiger partial charge in [-0.3, -0.25) is 0 Å². The van der Waals surface area contributed by atoms with Crippen LogP contribution in [0.4, 0.5) is 8.78 Å². The second-order valence-corrected chi connectivity index (χ2v) is 4.75. The van der Waals surface area contributed by atoms with Crippen LogP contribution in [0.3, 0.4) is 0 Å². The van der Waals surface area contributed by atoms with Crippen LogP contribution in [0.25, 0.3) is 0 Å². The third kappa shape index (κ3) is 5.91. The van der Waals surface area contributed by atoms with Gasteiger partial charge in [0.05, 0.1) is 0 Å². The molecule has 2 heteroatoms. The molecule has 0 rings (SSSR count). The van der Waals surface area contributed by atoms with Crippen LogP contribution in [-0.4, -0.2) is 6.43 Å². The predicted molar refractivity (Wildman–Crippen MR) is 62.2 cm³/mol. The molecule has 0 radical (unpaired) electrons. The molecule has 0 N–H and O–H groups in total. The van der Waals surface area contributed by atoms with E-state index in [0.717, 1.165) is 12.8 Å². The molecule has 0 nitrogen and oxygen atoms in total. The predicted octanol–water partition coefficient (Wildman–Crippen LogP) is 5.05. The SMILES string of the molecule is CC/C=C\C(C)(CCCC(F)F)C(C)C. The molecule has 0 aromatic heterocycles. The summed E-state index contributed by atoms with van der Waals surface area (Å²) in [5.74, 6) is 0.498. The Balaban J connectivity index is 4.20. The molecule has 0 aliphatic carbocycles. The van der Waals surface area contributed by atoms with Gasteiger partial charge in [-0.25, -0.2) is 8.78 Å². The Kier molecular flexibility index (Phi) is 6.78. The summed E-state index contributed by atoms with van der Waals surface area (Å²) in [4.78, 5) is 0. The number of rotatable bonds is 7. The largest absolute Gasteiger partial charge is 0.238 e. The van der Waals surface area contributed by atoms with Gasteiger partial charge < -0.3 is 0 Å². The van der Waals surface area contributed by atoms with Crippen LogP contribution in [0.15, 0.2) is 12.2 Å².